The molecule has 0 saturated carbocycles. The number of piperidine rings is 1. The third-order valence-corrected chi connectivity index (χ3v) is 7.59. The number of nitrogens with one attached hydrogen (secondary N) is 2. The van der Waals surface area contributed by atoms with Gasteiger partial charge in [-0.15, -0.1) is 0 Å². The second-order valence-electron chi connectivity index (χ2n) is 8.03. The first-order valence-electron chi connectivity index (χ1n) is 11.2. The molecule has 1 aliphatic heterocycles. The quantitative estimate of drug-likeness (QED) is 0.545. The first kappa shape index (κ1) is 24.7. The minimum atomic E-state index is -3.26. The molecule has 1 aliphatic rings. The van der Waals surface area contributed by atoms with Gasteiger partial charge in [-0.05, 0) is 30.9 Å². The molecule has 9 heteroatoms. The maximum atomic E-state index is 12.4. The van der Waals surface area contributed by atoms with Crippen LogP contribution in [0.5, 0.6) is 5.75 Å². The fourth-order valence-electron chi connectivity index (χ4n) is 3.71. The van der Waals surface area contributed by atoms with E-state index < -0.39 is 15.9 Å². The smallest absolute Gasteiger partial charge is 0.276 e. The molecule has 2 N–H and O–H groups in total. The number of rotatable bonds is 9. The molecule has 8 nitrogen and oxygen atoms in total. The Balaban J connectivity index is 1.44. The number of carbonyl (C=O) groups is 2. The van der Waals surface area contributed by atoms with Crippen molar-refractivity contribution in [2.75, 3.05) is 25.4 Å². The van der Waals surface area contributed by atoms with E-state index in [0.717, 1.165) is 17.5 Å². The van der Waals surface area contributed by atoms with Crippen molar-refractivity contribution in [1.29, 1.82) is 0 Å². The van der Waals surface area contributed by atoms with Gasteiger partial charge in [0.2, 0.25) is 15.9 Å². The molecule has 33 heavy (non-hydrogen) atoms. The van der Waals surface area contributed by atoms with Crippen molar-refractivity contribution in [2.24, 2.45) is 5.92 Å². The third kappa shape index (κ3) is 7.03. The van der Waals surface area contributed by atoms with Gasteiger partial charge in [-0.3, -0.25) is 20.4 Å². The first-order chi connectivity index (χ1) is 15.9. The summed E-state index contributed by atoms with van der Waals surface area (Å²) in [4.78, 5) is 24.6. The van der Waals surface area contributed by atoms with Crippen LogP contribution in [0.4, 0.5) is 0 Å². The lowest BCUT2D eigenvalue weighted by Crippen LogP contribution is -2.49. The van der Waals surface area contributed by atoms with Crippen LogP contribution in [0, 0.1) is 5.92 Å². The Morgan fingerprint density at radius 3 is 2.36 bits per heavy atom. The molecule has 2 amide bonds. The monoisotopic (exact) mass is 473 g/mol. The van der Waals surface area contributed by atoms with Crippen LogP contribution < -0.4 is 15.6 Å². The van der Waals surface area contributed by atoms with Crippen LogP contribution in [0.1, 0.15) is 32.6 Å². The summed E-state index contributed by atoms with van der Waals surface area (Å²) in [7, 11) is -3.26. The Morgan fingerprint density at radius 2 is 1.67 bits per heavy atom. The van der Waals surface area contributed by atoms with E-state index in [0.29, 0.717) is 38.1 Å². The molecule has 1 fully saturated rings. The van der Waals surface area contributed by atoms with Crippen LogP contribution in [0.2, 0.25) is 0 Å². The van der Waals surface area contributed by atoms with Crippen molar-refractivity contribution in [3.8, 4) is 16.9 Å². The molecule has 0 spiro atoms. The topological polar surface area (TPSA) is 105 Å². The minimum Gasteiger partial charge on any atom is -0.483 e. The predicted octanol–water partition coefficient (Wildman–Crippen LogP) is 2.72. The van der Waals surface area contributed by atoms with Crippen LogP contribution in [0.3, 0.4) is 0 Å². The van der Waals surface area contributed by atoms with Crippen LogP contribution in [0.15, 0.2) is 54.6 Å². The molecule has 2 aromatic rings. The van der Waals surface area contributed by atoms with E-state index in [9.17, 15) is 18.0 Å². The number of amides is 2. The van der Waals surface area contributed by atoms with Crippen molar-refractivity contribution >= 4 is 21.8 Å². The summed E-state index contributed by atoms with van der Waals surface area (Å²) in [6, 6.07) is 17.1. The highest BCUT2D eigenvalue weighted by molar-refractivity contribution is 7.89. The fraction of sp³-hybridized carbons (Fsp3) is 0.417. The molecular formula is C24H31N3O5S. The highest BCUT2D eigenvalue weighted by atomic mass is 32.2. The standard InChI is InChI=1S/C24H31N3O5S/c1-2-3-17-33(30,31)27-15-13-20(14-16-27)24(29)26-25-23(28)18-32-22-12-8-7-11-21(22)19-9-5-4-6-10-19/h4-12,20H,2-3,13-18H2,1H3,(H,25,28)(H,26,29). The Morgan fingerprint density at radius 1 is 1.00 bits per heavy atom. The van der Waals surface area contributed by atoms with Crippen LogP contribution in [-0.4, -0.2) is 50.0 Å². The van der Waals surface area contributed by atoms with E-state index in [1.807, 2.05) is 55.5 Å². The summed E-state index contributed by atoms with van der Waals surface area (Å²) in [5, 5.41) is 0. The number of sulfonamides is 1. The number of nitrogens with zero attached hydrogens (tertiary/aromatic N) is 1. The molecular weight excluding hydrogens is 442 g/mol. The molecule has 178 valence electrons. The van der Waals surface area contributed by atoms with Gasteiger partial charge < -0.3 is 4.74 Å². The maximum Gasteiger partial charge on any atom is 0.276 e. The number of benzene rings is 2. The van der Waals surface area contributed by atoms with E-state index in [-0.39, 0.29) is 24.2 Å². The highest BCUT2D eigenvalue weighted by Gasteiger charge is 2.30. The molecule has 0 aromatic heterocycles. The number of para-hydroxylation sites is 1. The Hall–Kier alpha value is -2.91. The second kappa shape index (κ2) is 11.8. The molecule has 2 aromatic carbocycles. The van der Waals surface area contributed by atoms with Gasteiger partial charge in [0.05, 0.1) is 5.75 Å². The summed E-state index contributed by atoms with van der Waals surface area (Å²) in [5.41, 5.74) is 6.67. The van der Waals surface area contributed by atoms with Gasteiger partial charge in [0, 0.05) is 24.6 Å². The van der Waals surface area contributed by atoms with Crippen molar-refractivity contribution in [3.63, 3.8) is 0 Å². The molecule has 0 bridgehead atoms. The Bertz CT molecular complexity index is 1040. The Kier molecular flexibility index (Phi) is 8.85. The first-order valence-corrected chi connectivity index (χ1v) is 12.9. The van der Waals surface area contributed by atoms with Gasteiger partial charge in [0.15, 0.2) is 6.61 Å². The molecule has 0 unspecified atom stereocenters. The largest absolute Gasteiger partial charge is 0.483 e. The summed E-state index contributed by atoms with van der Waals surface area (Å²) in [6.07, 6.45) is 2.30. The second-order valence-corrected chi connectivity index (χ2v) is 10.1. The zero-order valence-electron chi connectivity index (χ0n) is 18.8. The predicted molar refractivity (Wildman–Crippen MR) is 127 cm³/mol. The molecule has 3 rings (SSSR count). The lowest BCUT2D eigenvalue weighted by Gasteiger charge is -2.30. The molecule has 1 heterocycles. The molecule has 0 atom stereocenters. The van der Waals surface area contributed by atoms with Crippen LogP contribution in [0.25, 0.3) is 11.1 Å². The van der Waals surface area contributed by atoms with Crippen molar-refractivity contribution in [3.05, 3.63) is 54.6 Å². The Labute approximate surface area is 195 Å². The molecule has 0 aliphatic carbocycles. The summed E-state index contributed by atoms with van der Waals surface area (Å²) < 4.78 is 31.7. The molecule has 1 saturated heterocycles. The maximum absolute atomic E-state index is 12.4. The zero-order valence-corrected chi connectivity index (χ0v) is 19.6. The average molecular weight is 474 g/mol. The van der Waals surface area contributed by atoms with Crippen molar-refractivity contribution in [1.82, 2.24) is 15.2 Å². The lowest BCUT2D eigenvalue weighted by atomic mass is 9.98. The summed E-state index contributed by atoms with van der Waals surface area (Å²) in [6.45, 7) is 2.33. The van der Waals surface area contributed by atoms with E-state index >= 15 is 0 Å². The van der Waals surface area contributed by atoms with Gasteiger partial charge in [0.1, 0.15) is 5.75 Å². The van der Waals surface area contributed by atoms with Crippen molar-refractivity contribution < 1.29 is 22.7 Å². The van der Waals surface area contributed by atoms with E-state index in [1.165, 1.54) is 4.31 Å². The van der Waals surface area contributed by atoms with E-state index in [4.69, 9.17) is 4.74 Å². The normalized spacial score (nSPS) is 15.1. The fourth-order valence-corrected chi connectivity index (χ4v) is 5.39. The number of carbonyl (C=O) groups excluding carboxylic acids is 2. The van der Waals surface area contributed by atoms with E-state index in [1.54, 1.807) is 6.07 Å². The van der Waals surface area contributed by atoms with Gasteiger partial charge >= 0.3 is 0 Å². The van der Waals surface area contributed by atoms with Crippen LogP contribution in [-0.2, 0) is 19.6 Å². The van der Waals surface area contributed by atoms with Crippen LogP contribution >= 0.6 is 0 Å². The van der Waals surface area contributed by atoms with Gasteiger partial charge in [-0.1, -0.05) is 61.9 Å². The minimum absolute atomic E-state index is 0.143. The van der Waals surface area contributed by atoms with E-state index in [2.05, 4.69) is 10.9 Å². The van der Waals surface area contributed by atoms with Gasteiger partial charge in [-0.2, -0.15) is 0 Å². The summed E-state index contributed by atoms with van der Waals surface area (Å²) >= 11 is 0. The average Bonchev–Trinajstić information content (AvgIpc) is 2.85. The zero-order chi connectivity index (χ0) is 23.7. The number of unbranched alkanes of at least 4 members (excludes halogenated alkanes) is 1. The number of hydrazine groups is 1. The van der Waals surface area contributed by atoms with Gasteiger partial charge in [-0.25, -0.2) is 12.7 Å². The third-order valence-electron chi connectivity index (χ3n) is 5.63. The van der Waals surface area contributed by atoms with Crippen molar-refractivity contribution in [2.45, 2.75) is 32.6 Å². The number of hydrogen-bond acceptors (Lipinski definition) is 5. The van der Waals surface area contributed by atoms with Gasteiger partial charge in [0.25, 0.3) is 5.91 Å². The number of ether oxygens (including phenoxy) is 1. The SMILES string of the molecule is CCCCS(=O)(=O)N1CCC(C(=O)NNC(=O)COc2ccccc2-c2ccccc2)CC1. The lowest BCUT2D eigenvalue weighted by molar-refractivity contribution is -0.132. The number of hydrogen-bond donors (Lipinski definition) is 2. The highest BCUT2D eigenvalue weighted by Crippen LogP contribution is 2.29. The summed E-state index contributed by atoms with van der Waals surface area (Å²) in [5.74, 6) is -0.432. The molecule has 0 radical (unpaired) electrons.